The number of Topliss-reactive ketones (excluding diaryl/α,β-unsaturated/α-hetero) is 1. The third-order valence-corrected chi connectivity index (χ3v) is 4.40. The zero-order valence-electron chi connectivity index (χ0n) is 14.1. The van der Waals surface area contributed by atoms with Crippen molar-refractivity contribution in [3.63, 3.8) is 0 Å². The molecular weight excluding hydrogens is 284 g/mol. The van der Waals surface area contributed by atoms with Crippen LogP contribution < -0.4 is 0 Å². The highest BCUT2D eigenvalue weighted by molar-refractivity contribution is 6.04. The maximum Gasteiger partial charge on any atom is 0.184 e. The molecule has 1 aromatic heterocycles. The Bertz CT molecular complexity index is 861. The number of hydrogen-bond donors (Lipinski definition) is 0. The van der Waals surface area contributed by atoms with E-state index in [1.807, 2.05) is 69.4 Å². The van der Waals surface area contributed by atoms with Crippen LogP contribution in [-0.4, -0.2) is 29.3 Å². The van der Waals surface area contributed by atoms with E-state index in [2.05, 4.69) is 22.9 Å². The SMILES string of the molecule is Cc1ccccc1C(=O)C(c1cn(C)c2ccccc12)N(C)C. The zero-order chi connectivity index (χ0) is 16.6. The van der Waals surface area contributed by atoms with Gasteiger partial charge in [-0.15, -0.1) is 0 Å². The molecule has 1 heterocycles. The third-order valence-electron chi connectivity index (χ3n) is 4.40. The minimum Gasteiger partial charge on any atom is -0.350 e. The number of rotatable bonds is 4. The summed E-state index contributed by atoms with van der Waals surface area (Å²) in [6.45, 7) is 1.99. The molecule has 0 aliphatic rings. The molecule has 3 aromatic rings. The van der Waals surface area contributed by atoms with Crippen LogP contribution in [0.2, 0.25) is 0 Å². The molecule has 1 unspecified atom stereocenters. The average molecular weight is 306 g/mol. The quantitative estimate of drug-likeness (QED) is 0.681. The second kappa shape index (κ2) is 6.01. The van der Waals surface area contributed by atoms with Gasteiger partial charge in [0.25, 0.3) is 0 Å². The molecule has 0 bridgehead atoms. The van der Waals surface area contributed by atoms with E-state index in [0.717, 1.165) is 27.6 Å². The molecule has 0 fully saturated rings. The van der Waals surface area contributed by atoms with Gasteiger partial charge in [-0.25, -0.2) is 0 Å². The Kier molecular flexibility index (Phi) is 4.05. The summed E-state index contributed by atoms with van der Waals surface area (Å²) in [6, 6.07) is 15.7. The van der Waals surface area contributed by atoms with Crippen molar-refractivity contribution in [1.29, 1.82) is 0 Å². The zero-order valence-corrected chi connectivity index (χ0v) is 14.1. The van der Waals surface area contributed by atoms with Crippen molar-refractivity contribution in [3.8, 4) is 0 Å². The first-order valence-corrected chi connectivity index (χ1v) is 7.81. The van der Waals surface area contributed by atoms with Crippen LogP contribution in [0.25, 0.3) is 10.9 Å². The lowest BCUT2D eigenvalue weighted by Crippen LogP contribution is -2.28. The summed E-state index contributed by atoms with van der Waals surface area (Å²) in [6.07, 6.45) is 2.07. The van der Waals surface area contributed by atoms with Crippen LogP contribution in [0, 0.1) is 6.92 Å². The van der Waals surface area contributed by atoms with Crippen molar-refractivity contribution in [2.24, 2.45) is 7.05 Å². The minimum atomic E-state index is -0.290. The summed E-state index contributed by atoms with van der Waals surface area (Å²) in [5, 5.41) is 1.13. The molecule has 3 heteroatoms. The van der Waals surface area contributed by atoms with Crippen molar-refractivity contribution in [2.75, 3.05) is 14.1 Å². The number of fused-ring (bicyclic) bond motifs is 1. The van der Waals surface area contributed by atoms with Gasteiger partial charge in [0.15, 0.2) is 5.78 Å². The molecule has 118 valence electrons. The molecule has 0 aliphatic carbocycles. The highest BCUT2D eigenvalue weighted by atomic mass is 16.1. The lowest BCUT2D eigenvalue weighted by molar-refractivity contribution is 0.0876. The van der Waals surface area contributed by atoms with Gasteiger partial charge in [0.1, 0.15) is 6.04 Å². The van der Waals surface area contributed by atoms with Crippen LogP contribution in [0.5, 0.6) is 0 Å². The molecule has 0 saturated carbocycles. The molecule has 23 heavy (non-hydrogen) atoms. The number of likely N-dealkylation sites (N-methyl/N-ethyl adjacent to an activating group) is 1. The van der Waals surface area contributed by atoms with Gasteiger partial charge in [0.2, 0.25) is 0 Å². The molecule has 0 spiro atoms. The smallest absolute Gasteiger partial charge is 0.184 e. The van der Waals surface area contributed by atoms with E-state index < -0.39 is 0 Å². The van der Waals surface area contributed by atoms with Gasteiger partial charge in [-0.3, -0.25) is 9.69 Å². The number of carbonyl (C=O) groups excluding carboxylic acids is 1. The maximum atomic E-state index is 13.2. The summed E-state index contributed by atoms with van der Waals surface area (Å²) in [7, 11) is 5.95. The summed E-state index contributed by atoms with van der Waals surface area (Å²) in [5.74, 6) is 0.143. The number of ketones is 1. The van der Waals surface area contributed by atoms with E-state index in [0.29, 0.717) is 0 Å². The fourth-order valence-corrected chi connectivity index (χ4v) is 3.24. The number of hydrogen-bond acceptors (Lipinski definition) is 2. The van der Waals surface area contributed by atoms with E-state index in [9.17, 15) is 4.79 Å². The van der Waals surface area contributed by atoms with Crippen LogP contribution >= 0.6 is 0 Å². The Balaban J connectivity index is 2.16. The maximum absolute atomic E-state index is 13.2. The predicted molar refractivity (Wildman–Crippen MR) is 94.9 cm³/mol. The topological polar surface area (TPSA) is 25.2 Å². The molecule has 2 aromatic carbocycles. The molecule has 0 saturated heterocycles. The van der Waals surface area contributed by atoms with Crippen LogP contribution in [0.1, 0.15) is 27.5 Å². The summed E-state index contributed by atoms with van der Waals surface area (Å²) in [5.41, 5.74) is 4.01. The predicted octanol–water partition coefficient (Wildman–Crippen LogP) is 3.97. The summed E-state index contributed by atoms with van der Waals surface area (Å²) < 4.78 is 2.09. The van der Waals surface area contributed by atoms with E-state index in [1.165, 1.54) is 0 Å². The van der Waals surface area contributed by atoms with E-state index in [1.54, 1.807) is 0 Å². The fraction of sp³-hybridized carbons (Fsp3) is 0.250. The van der Waals surface area contributed by atoms with Crippen molar-refractivity contribution in [1.82, 2.24) is 9.47 Å². The van der Waals surface area contributed by atoms with Crippen LogP contribution in [0.15, 0.2) is 54.7 Å². The monoisotopic (exact) mass is 306 g/mol. The number of nitrogens with zero attached hydrogens (tertiary/aromatic N) is 2. The van der Waals surface area contributed by atoms with Gasteiger partial charge in [0, 0.05) is 35.3 Å². The molecule has 0 aliphatic heterocycles. The Hall–Kier alpha value is -2.39. The van der Waals surface area contributed by atoms with Crippen LogP contribution in [0.4, 0.5) is 0 Å². The van der Waals surface area contributed by atoms with Crippen molar-refractivity contribution < 1.29 is 4.79 Å². The standard InChI is InChI=1S/C20H22N2O/c1-14-9-5-6-10-15(14)20(23)19(21(2)3)17-13-22(4)18-12-8-7-11-16(17)18/h5-13,19H,1-4H3. The van der Waals surface area contributed by atoms with Gasteiger partial charge in [-0.05, 0) is 32.6 Å². The second-order valence-electron chi connectivity index (χ2n) is 6.26. The number of aromatic nitrogens is 1. The second-order valence-corrected chi connectivity index (χ2v) is 6.26. The Morgan fingerprint density at radius 3 is 2.39 bits per heavy atom. The first-order valence-electron chi connectivity index (χ1n) is 7.81. The average Bonchev–Trinajstić information content (AvgIpc) is 2.85. The van der Waals surface area contributed by atoms with Gasteiger partial charge in [0.05, 0.1) is 0 Å². The third kappa shape index (κ3) is 2.68. The van der Waals surface area contributed by atoms with E-state index in [-0.39, 0.29) is 11.8 Å². The highest BCUT2D eigenvalue weighted by Crippen LogP contribution is 2.31. The molecule has 3 rings (SSSR count). The lowest BCUT2D eigenvalue weighted by Gasteiger charge is -2.23. The molecule has 1 atom stereocenters. The first kappa shape index (κ1) is 15.5. The first-order chi connectivity index (χ1) is 11.0. The van der Waals surface area contributed by atoms with Crippen molar-refractivity contribution in [2.45, 2.75) is 13.0 Å². The number of benzene rings is 2. The number of carbonyl (C=O) groups is 1. The Morgan fingerprint density at radius 2 is 1.70 bits per heavy atom. The summed E-state index contributed by atoms with van der Waals surface area (Å²) >= 11 is 0. The number of para-hydroxylation sites is 1. The summed E-state index contributed by atoms with van der Waals surface area (Å²) in [4.78, 5) is 15.2. The van der Waals surface area contributed by atoms with Gasteiger partial charge in [-0.2, -0.15) is 0 Å². The highest BCUT2D eigenvalue weighted by Gasteiger charge is 2.27. The fourth-order valence-electron chi connectivity index (χ4n) is 3.24. The minimum absolute atomic E-state index is 0.143. The normalized spacial score (nSPS) is 12.7. The molecular formula is C20H22N2O. The Morgan fingerprint density at radius 1 is 1.04 bits per heavy atom. The number of aryl methyl sites for hydroxylation is 2. The van der Waals surface area contributed by atoms with Crippen molar-refractivity contribution >= 4 is 16.7 Å². The molecule has 0 N–H and O–H groups in total. The molecule has 0 radical (unpaired) electrons. The van der Waals surface area contributed by atoms with Gasteiger partial charge >= 0.3 is 0 Å². The Labute approximate surface area is 137 Å². The molecule has 3 nitrogen and oxygen atoms in total. The van der Waals surface area contributed by atoms with Crippen LogP contribution in [0.3, 0.4) is 0 Å². The van der Waals surface area contributed by atoms with E-state index >= 15 is 0 Å². The van der Waals surface area contributed by atoms with Gasteiger partial charge < -0.3 is 4.57 Å². The van der Waals surface area contributed by atoms with E-state index in [4.69, 9.17) is 0 Å². The molecule has 0 amide bonds. The largest absolute Gasteiger partial charge is 0.350 e. The van der Waals surface area contributed by atoms with Gasteiger partial charge in [-0.1, -0.05) is 42.5 Å². The van der Waals surface area contributed by atoms with Crippen LogP contribution in [-0.2, 0) is 7.05 Å². The van der Waals surface area contributed by atoms with Crippen molar-refractivity contribution in [3.05, 3.63) is 71.4 Å². The lowest BCUT2D eigenvalue weighted by atomic mass is 9.94.